The number of likely N-dealkylation sites (N-methyl/N-ethyl adjacent to an activating group) is 1. The molecule has 1 unspecified atom stereocenters. The van der Waals surface area contributed by atoms with Gasteiger partial charge in [0.1, 0.15) is 0 Å². The zero-order chi connectivity index (χ0) is 12.2. The van der Waals surface area contributed by atoms with E-state index in [0.717, 1.165) is 19.5 Å². The van der Waals surface area contributed by atoms with E-state index in [1.165, 1.54) is 11.3 Å². The SMILES string of the molecule is CCN(CC(C)(N)CC)c1ccc(C)cc1. The van der Waals surface area contributed by atoms with Crippen LogP contribution in [0.2, 0.25) is 0 Å². The van der Waals surface area contributed by atoms with E-state index < -0.39 is 0 Å². The molecule has 1 atom stereocenters. The van der Waals surface area contributed by atoms with Crippen molar-refractivity contribution in [2.45, 2.75) is 39.7 Å². The molecule has 1 aromatic rings. The summed E-state index contributed by atoms with van der Waals surface area (Å²) in [7, 11) is 0. The summed E-state index contributed by atoms with van der Waals surface area (Å²) in [6.07, 6.45) is 0.995. The smallest absolute Gasteiger partial charge is 0.0366 e. The molecule has 0 radical (unpaired) electrons. The number of nitrogens with zero attached hydrogens (tertiary/aromatic N) is 1. The highest BCUT2D eigenvalue weighted by Gasteiger charge is 2.19. The van der Waals surface area contributed by atoms with Gasteiger partial charge in [0.2, 0.25) is 0 Å². The van der Waals surface area contributed by atoms with E-state index in [4.69, 9.17) is 5.73 Å². The van der Waals surface area contributed by atoms with E-state index >= 15 is 0 Å². The zero-order valence-electron chi connectivity index (χ0n) is 11.0. The Morgan fingerprint density at radius 1 is 1.19 bits per heavy atom. The molecule has 0 aliphatic carbocycles. The van der Waals surface area contributed by atoms with E-state index in [2.05, 4.69) is 56.9 Å². The van der Waals surface area contributed by atoms with Crippen LogP contribution in [0, 0.1) is 6.92 Å². The van der Waals surface area contributed by atoms with Gasteiger partial charge in [0.05, 0.1) is 0 Å². The van der Waals surface area contributed by atoms with Gasteiger partial charge in [-0.05, 0) is 39.3 Å². The molecule has 0 spiro atoms. The van der Waals surface area contributed by atoms with Gasteiger partial charge in [-0.15, -0.1) is 0 Å². The fourth-order valence-corrected chi connectivity index (χ4v) is 1.69. The van der Waals surface area contributed by atoms with Crippen LogP contribution in [0.1, 0.15) is 32.8 Å². The molecular formula is C14H24N2. The maximum atomic E-state index is 6.22. The zero-order valence-corrected chi connectivity index (χ0v) is 11.0. The van der Waals surface area contributed by atoms with E-state index in [9.17, 15) is 0 Å². The fraction of sp³-hybridized carbons (Fsp3) is 0.571. The Bertz CT molecular complexity index is 314. The van der Waals surface area contributed by atoms with E-state index in [1.807, 2.05) is 0 Å². The lowest BCUT2D eigenvalue weighted by atomic mass is 9.99. The maximum Gasteiger partial charge on any atom is 0.0366 e. The number of anilines is 1. The lowest BCUT2D eigenvalue weighted by molar-refractivity contribution is 0.448. The molecule has 90 valence electrons. The van der Waals surface area contributed by atoms with Crippen molar-refractivity contribution in [1.29, 1.82) is 0 Å². The van der Waals surface area contributed by atoms with Gasteiger partial charge in [0.15, 0.2) is 0 Å². The fourth-order valence-electron chi connectivity index (χ4n) is 1.69. The van der Waals surface area contributed by atoms with Gasteiger partial charge in [-0.25, -0.2) is 0 Å². The van der Waals surface area contributed by atoms with Crippen LogP contribution in [0.15, 0.2) is 24.3 Å². The summed E-state index contributed by atoms with van der Waals surface area (Å²) in [6, 6.07) is 8.64. The van der Waals surface area contributed by atoms with Gasteiger partial charge in [-0.3, -0.25) is 0 Å². The summed E-state index contributed by atoms with van der Waals surface area (Å²) in [5, 5.41) is 0. The third kappa shape index (κ3) is 3.53. The number of aryl methyl sites for hydroxylation is 1. The number of nitrogens with two attached hydrogens (primary N) is 1. The summed E-state index contributed by atoms with van der Waals surface area (Å²) >= 11 is 0. The van der Waals surface area contributed by atoms with Crippen LogP contribution in [0.25, 0.3) is 0 Å². The molecule has 1 aromatic carbocycles. The van der Waals surface area contributed by atoms with Crippen molar-refractivity contribution < 1.29 is 0 Å². The minimum absolute atomic E-state index is 0.110. The maximum absolute atomic E-state index is 6.22. The lowest BCUT2D eigenvalue weighted by Crippen LogP contribution is -2.47. The molecule has 0 aromatic heterocycles. The monoisotopic (exact) mass is 220 g/mol. The number of benzene rings is 1. The Balaban J connectivity index is 2.78. The topological polar surface area (TPSA) is 29.3 Å². The molecule has 1 rings (SSSR count). The first-order chi connectivity index (χ1) is 7.48. The molecule has 0 fully saturated rings. The van der Waals surface area contributed by atoms with Gasteiger partial charge in [0.25, 0.3) is 0 Å². The average molecular weight is 220 g/mol. The molecular weight excluding hydrogens is 196 g/mol. The molecule has 2 nitrogen and oxygen atoms in total. The summed E-state index contributed by atoms with van der Waals surface area (Å²) in [6.45, 7) is 10.4. The summed E-state index contributed by atoms with van der Waals surface area (Å²) in [5.74, 6) is 0. The summed E-state index contributed by atoms with van der Waals surface area (Å²) in [5.41, 5.74) is 8.67. The normalized spacial score (nSPS) is 14.6. The standard InChI is InChI=1S/C14H24N2/c1-5-14(4,15)11-16(6-2)13-9-7-12(3)8-10-13/h7-10H,5-6,11,15H2,1-4H3. The highest BCUT2D eigenvalue weighted by atomic mass is 15.1. The predicted molar refractivity (Wildman–Crippen MR) is 71.9 cm³/mol. The van der Waals surface area contributed by atoms with Crippen molar-refractivity contribution in [2.24, 2.45) is 5.73 Å². The average Bonchev–Trinajstić information content (AvgIpc) is 2.27. The number of rotatable bonds is 5. The Kier molecular flexibility index (Phi) is 4.36. The van der Waals surface area contributed by atoms with Crippen LogP contribution >= 0.6 is 0 Å². The minimum atomic E-state index is -0.110. The molecule has 0 bridgehead atoms. The van der Waals surface area contributed by atoms with Crippen molar-refractivity contribution >= 4 is 5.69 Å². The molecule has 0 heterocycles. The summed E-state index contributed by atoms with van der Waals surface area (Å²) < 4.78 is 0. The van der Waals surface area contributed by atoms with Gasteiger partial charge < -0.3 is 10.6 Å². The first-order valence-corrected chi connectivity index (χ1v) is 6.09. The van der Waals surface area contributed by atoms with Crippen molar-refractivity contribution in [2.75, 3.05) is 18.0 Å². The second-order valence-corrected chi connectivity index (χ2v) is 4.86. The van der Waals surface area contributed by atoms with Crippen LogP contribution < -0.4 is 10.6 Å². The van der Waals surface area contributed by atoms with Crippen LogP contribution in [-0.4, -0.2) is 18.6 Å². The van der Waals surface area contributed by atoms with E-state index in [0.29, 0.717) is 0 Å². The predicted octanol–water partition coefficient (Wildman–Crippen LogP) is 2.95. The lowest BCUT2D eigenvalue weighted by Gasteiger charge is -2.32. The van der Waals surface area contributed by atoms with Crippen LogP contribution in [0.3, 0.4) is 0 Å². The first-order valence-electron chi connectivity index (χ1n) is 6.09. The molecule has 0 saturated carbocycles. The van der Waals surface area contributed by atoms with Crippen LogP contribution in [0.5, 0.6) is 0 Å². The van der Waals surface area contributed by atoms with E-state index in [-0.39, 0.29) is 5.54 Å². The Labute approximate surface area is 99.5 Å². The highest BCUT2D eigenvalue weighted by Crippen LogP contribution is 2.18. The second kappa shape index (κ2) is 5.35. The van der Waals surface area contributed by atoms with Crippen LogP contribution in [-0.2, 0) is 0 Å². The molecule has 2 N–H and O–H groups in total. The van der Waals surface area contributed by atoms with Crippen molar-refractivity contribution in [3.63, 3.8) is 0 Å². The Morgan fingerprint density at radius 3 is 2.19 bits per heavy atom. The number of hydrogen-bond donors (Lipinski definition) is 1. The summed E-state index contributed by atoms with van der Waals surface area (Å²) in [4.78, 5) is 2.34. The Morgan fingerprint density at radius 2 is 1.75 bits per heavy atom. The Hall–Kier alpha value is -1.02. The van der Waals surface area contributed by atoms with Gasteiger partial charge in [-0.1, -0.05) is 24.6 Å². The first kappa shape index (κ1) is 13.0. The molecule has 0 aliphatic rings. The molecule has 16 heavy (non-hydrogen) atoms. The quantitative estimate of drug-likeness (QED) is 0.826. The van der Waals surface area contributed by atoms with Gasteiger partial charge >= 0.3 is 0 Å². The van der Waals surface area contributed by atoms with Gasteiger partial charge in [0, 0.05) is 24.3 Å². The largest absolute Gasteiger partial charge is 0.370 e. The molecule has 0 saturated heterocycles. The molecule has 0 amide bonds. The van der Waals surface area contributed by atoms with Gasteiger partial charge in [-0.2, -0.15) is 0 Å². The van der Waals surface area contributed by atoms with Crippen molar-refractivity contribution in [3.8, 4) is 0 Å². The van der Waals surface area contributed by atoms with Crippen molar-refractivity contribution in [1.82, 2.24) is 0 Å². The third-order valence-electron chi connectivity index (χ3n) is 3.14. The molecule has 2 heteroatoms. The minimum Gasteiger partial charge on any atom is -0.370 e. The number of hydrogen-bond acceptors (Lipinski definition) is 2. The van der Waals surface area contributed by atoms with Crippen LogP contribution in [0.4, 0.5) is 5.69 Å². The second-order valence-electron chi connectivity index (χ2n) is 4.86. The van der Waals surface area contributed by atoms with E-state index in [1.54, 1.807) is 0 Å². The highest BCUT2D eigenvalue weighted by molar-refractivity contribution is 5.47. The molecule has 0 aliphatic heterocycles. The van der Waals surface area contributed by atoms with Crippen molar-refractivity contribution in [3.05, 3.63) is 29.8 Å². The third-order valence-corrected chi connectivity index (χ3v) is 3.14.